The van der Waals surface area contributed by atoms with Crippen LogP contribution in [0, 0.1) is 0 Å². The number of aromatic nitrogens is 3. The average molecular weight is 772 g/mol. The monoisotopic (exact) mass is 771 g/mol. The average Bonchev–Trinajstić information content (AvgIpc) is 3.60. The van der Waals surface area contributed by atoms with Gasteiger partial charge in [0.15, 0.2) is 5.82 Å². The van der Waals surface area contributed by atoms with Gasteiger partial charge < -0.3 is 4.42 Å². The predicted molar refractivity (Wildman–Crippen MR) is 240 cm³/mol. The number of rotatable bonds is 4. The molecule has 0 fully saturated rings. The lowest BCUT2D eigenvalue weighted by Crippen LogP contribution is -2.35. The smallest absolute Gasteiger partial charge is 0.160 e. The molecule has 0 N–H and O–H groups in total. The molecule has 0 amide bonds. The van der Waals surface area contributed by atoms with Gasteiger partial charge >= 0.3 is 0 Å². The Morgan fingerprint density at radius 2 is 1.12 bits per heavy atom. The molecule has 59 heavy (non-hydrogen) atoms. The fourth-order valence-electron chi connectivity index (χ4n) is 9.16. The minimum Gasteiger partial charge on any atom is -0.456 e. The van der Waals surface area contributed by atoms with Gasteiger partial charge in [0, 0.05) is 49.6 Å². The molecule has 5 heteroatoms. The molecule has 0 bridgehead atoms. The van der Waals surface area contributed by atoms with Crippen molar-refractivity contribution >= 4 is 45.9 Å². The van der Waals surface area contributed by atoms with Crippen LogP contribution in [0.4, 0.5) is 0 Å². The first-order chi connectivity index (χ1) is 29.2. The highest BCUT2D eigenvalue weighted by atomic mass is 32.2. The topological polar surface area (TPSA) is 51.8 Å². The van der Waals surface area contributed by atoms with Gasteiger partial charge in [0.05, 0.1) is 16.8 Å². The first-order valence-corrected chi connectivity index (χ1v) is 20.6. The highest BCUT2D eigenvalue weighted by Crippen LogP contribution is 2.59. The number of nitrogens with zero attached hydrogens (tertiary/aromatic N) is 3. The molecule has 276 valence electrons. The van der Waals surface area contributed by atoms with Crippen LogP contribution in [0.25, 0.3) is 79.1 Å². The van der Waals surface area contributed by atoms with Crippen LogP contribution in [0.3, 0.4) is 0 Å². The molecule has 7 aromatic carbocycles. The van der Waals surface area contributed by atoms with Crippen LogP contribution in [-0.4, -0.2) is 15.0 Å². The zero-order valence-electron chi connectivity index (χ0n) is 31.7. The minimum absolute atomic E-state index is 0.671. The standard InChI is InChI=1S/C54H33N3OS/c1-2-12-38(13-3-1)53-56-47(37-25-20-34(21-26-37)40-14-10-28-55-33-40)32-48(57-53)39-27-24-36-23-22-35-11-4-6-16-43(35)54(45(36)29-39)44-17-7-9-19-51(44)59-52-30-42-41-15-5-8-18-49(41)58-50(42)31-46(52)54/h1-33H. The molecule has 12 rings (SSSR count). The van der Waals surface area contributed by atoms with Crippen molar-refractivity contribution in [3.05, 3.63) is 222 Å². The summed E-state index contributed by atoms with van der Waals surface area (Å²) in [5, 5.41) is 2.26. The van der Waals surface area contributed by atoms with Gasteiger partial charge in [-0.15, -0.1) is 0 Å². The molecule has 2 aliphatic rings. The third-order valence-corrected chi connectivity index (χ3v) is 13.0. The highest BCUT2D eigenvalue weighted by molar-refractivity contribution is 7.99. The van der Waals surface area contributed by atoms with Crippen molar-refractivity contribution in [2.45, 2.75) is 15.2 Å². The number of fused-ring (bicyclic) bond motifs is 11. The summed E-state index contributed by atoms with van der Waals surface area (Å²) in [6.45, 7) is 0. The molecule has 1 aliphatic carbocycles. The van der Waals surface area contributed by atoms with E-state index in [1.165, 1.54) is 37.6 Å². The number of para-hydroxylation sites is 1. The third-order valence-electron chi connectivity index (χ3n) is 11.9. The molecule has 10 aromatic rings. The third kappa shape index (κ3) is 5.36. The predicted octanol–water partition coefficient (Wildman–Crippen LogP) is 13.8. The fraction of sp³-hybridized carbons (Fsp3) is 0.0185. The molecule has 1 unspecified atom stereocenters. The molecule has 0 saturated heterocycles. The number of benzene rings is 7. The highest BCUT2D eigenvalue weighted by Gasteiger charge is 2.47. The van der Waals surface area contributed by atoms with E-state index in [2.05, 4.69) is 163 Å². The second kappa shape index (κ2) is 13.4. The summed E-state index contributed by atoms with van der Waals surface area (Å²) >= 11 is 1.85. The van der Waals surface area contributed by atoms with Gasteiger partial charge in [-0.2, -0.15) is 0 Å². The molecule has 0 saturated carbocycles. The summed E-state index contributed by atoms with van der Waals surface area (Å²) in [7, 11) is 0. The van der Waals surface area contributed by atoms with E-state index in [4.69, 9.17) is 14.4 Å². The van der Waals surface area contributed by atoms with Crippen LogP contribution in [0.1, 0.15) is 33.4 Å². The van der Waals surface area contributed by atoms with Crippen molar-refractivity contribution < 1.29 is 4.42 Å². The Morgan fingerprint density at radius 1 is 0.424 bits per heavy atom. The van der Waals surface area contributed by atoms with Crippen molar-refractivity contribution in [1.82, 2.24) is 15.0 Å². The van der Waals surface area contributed by atoms with E-state index in [9.17, 15) is 0 Å². The summed E-state index contributed by atoms with van der Waals surface area (Å²) in [5.41, 5.74) is 15.3. The summed E-state index contributed by atoms with van der Waals surface area (Å²) in [4.78, 5) is 17.3. The molecule has 0 radical (unpaired) electrons. The van der Waals surface area contributed by atoms with Crippen molar-refractivity contribution in [3.63, 3.8) is 0 Å². The maximum Gasteiger partial charge on any atom is 0.160 e. The number of hydrogen-bond donors (Lipinski definition) is 0. The normalized spacial score (nSPS) is 15.1. The van der Waals surface area contributed by atoms with Crippen LogP contribution in [0.2, 0.25) is 0 Å². The van der Waals surface area contributed by atoms with Gasteiger partial charge in [0.1, 0.15) is 11.2 Å². The molecular weight excluding hydrogens is 739 g/mol. The summed E-state index contributed by atoms with van der Waals surface area (Å²) < 4.78 is 6.64. The molecule has 1 aliphatic heterocycles. The van der Waals surface area contributed by atoms with Crippen LogP contribution in [0.15, 0.2) is 203 Å². The van der Waals surface area contributed by atoms with Crippen LogP contribution in [-0.2, 0) is 5.41 Å². The van der Waals surface area contributed by atoms with Crippen LogP contribution < -0.4 is 0 Å². The van der Waals surface area contributed by atoms with Gasteiger partial charge in [-0.05, 0) is 87.0 Å². The van der Waals surface area contributed by atoms with Crippen LogP contribution in [0.5, 0.6) is 0 Å². The van der Waals surface area contributed by atoms with Crippen molar-refractivity contribution in [1.29, 1.82) is 0 Å². The van der Waals surface area contributed by atoms with Crippen molar-refractivity contribution in [2.24, 2.45) is 0 Å². The van der Waals surface area contributed by atoms with Crippen molar-refractivity contribution in [2.75, 3.05) is 0 Å². The zero-order chi connectivity index (χ0) is 38.9. The number of hydrogen-bond acceptors (Lipinski definition) is 5. The lowest BCUT2D eigenvalue weighted by molar-refractivity contribution is 0.659. The Labute approximate surface area is 345 Å². The second-order valence-electron chi connectivity index (χ2n) is 15.2. The molecular formula is C54H33N3OS. The van der Waals surface area contributed by atoms with Gasteiger partial charge in [-0.25, -0.2) is 9.97 Å². The van der Waals surface area contributed by atoms with E-state index in [-0.39, 0.29) is 0 Å². The van der Waals surface area contributed by atoms with Gasteiger partial charge in [0.2, 0.25) is 0 Å². The second-order valence-corrected chi connectivity index (χ2v) is 16.2. The molecule has 4 heterocycles. The Balaban J connectivity index is 1.11. The Hall–Kier alpha value is -7.34. The van der Waals surface area contributed by atoms with E-state index in [0.717, 1.165) is 66.7 Å². The Bertz CT molecular complexity index is 3300. The summed E-state index contributed by atoms with van der Waals surface area (Å²) in [6, 6.07) is 62.7. The van der Waals surface area contributed by atoms with E-state index < -0.39 is 5.41 Å². The minimum atomic E-state index is -0.671. The van der Waals surface area contributed by atoms with E-state index in [0.29, 0.717) is 5.82 Å². The lowest BCUT2D eigenvalue weighted by atomic mass is 9.63. The van der Waals surface area contributed by atoms with Crippen LogP contribution >= 0.6 is 11.8 Å². The molecule has 1 spiro atoms. The largest absolute Gasteiger partial charge is 0.456 e. The van der Waals surface area contributed by atoms with E-state index in [1.54, 1.807) is 6.20 Å². The van der Waals surface area contributed by atoms with E-state index in [1.807, 2.05) is 48.3 Å². The zero-order valence-corrected chi connectivity index (χ0v) is 32.5. The Morgan fingerprint density at radius 3 is 1.97 bits per heavy atom. The maximum absolute atomic E-state index is 6.64. The Kier molecular flexibility index (Phi) is 7.65. The lowest BCUT2D eigenvalue weighted by Gasteiger charge is -2.42. The quantitative estimate of drug-likeness (QED) is 0.178. The van der Waals surface area contributed by atoms with Gasteiger partial charge in [-0.1, -0.05) is 157 Å². The van der Waals surface area contributed by atoms with Gasteiger partial charge in [-0.3, -0.25) is 4.98 Å². The summed E-state index contributed by atoms with van der Waals surface area (Å²) in [5.74, 6) is 0.682. The first-order valence-electron chi connectivity index (χ1n) is 19.8. The molecule has 1 atom stereocenters. The number of pyridine rings is 1. The molecule has 3 aromatic heterocycles. The number of furan rings is 1. The van der Waals surface area contributed by atoms with Crippen molar-refractivity contribution in [3.8, 4) is 45.0 Å². The fourth-order valence-corrected chi connectivity index (χ4v) is 10.4. The summed E-state index contributed by atoms with van der Waals surface area (Å²) in [6.07, 6.45) is 8.25. The molecule has 4 nitrogen and oxygen atoms in total. The SMILES string of the molecule is C1=Cc2ccc(-c3cc(-c4ccc(-c5cccnc5)cc4)nc(-c4ccccc4)n3)cc2C2(c3ccccc31)c1ccccc1Sc1cc3c(cc12)oc1ccccc13. The van der Waals surface area contributed by atoms with E-state index >= 15 is 0 Å². The van der Waals surface area contributed by atoms with Gasteiger partial charge in [0.25, 0.3) is 0 Å². The maximum atomic E-state index is 6.64. The first kappa shape index (κ1) is 33.8.